The predicted octanol–water partition coefficient (Wildman–Crippen LogP) is 1.57. The first kappa shape index (κ1) is 10.9. The first-order valence-corrected chi connectivity index (χ1v) is 4.35. The zero-order chi connectivity index (χ0) is 10.7. The first-order chi connectivity index (χ1) is 6.50. The third-order valence-corrected chi connectivity index (χ3v) is 1.81. The van der Waals surface area contributed by atoms with Gasteiger partial charge in [-0.15, -0.1) is 0 Å². The molecular weight excluding hydrogens is 208 g/mol. The Hall–Kier alpha value is -1.20. The van der Waals surface area contributed by atoms with E-state index in [0.29, 0.717) is 0 Å². The summed E-state index contributed by atoms with van der Waals surface area (Å²) in [5.41, 5.74) is 0.0906. The maximum Gasteiger partial charge on any atom is 0.292 e. The largest absolute Gasteiger partial charge is 0.393 e. The Balaban J connectivity index is 3.08. The molecule has 0 aromatic carbocycles. The van der Waals surface area contributed by atoms with Crippen LogP contribution >= 0.6 is 11.6 Å². The summed E-state index contributed by atoms with van der Waals surface area (Å²) in [6.07, 6.45) is 0.808. The van der Waals surface area contributed by atoms with Gasteiger partial charge >= 0.3 is 0 Å². The summed E-state index contributed by atoms with van der Waals surface area (Å²) in [6, 6.07) is 1.23. The van der Waals surface area contributed by atoms with Crippen molar-refractivity contribution in [2.45, 2.75) is 19.4 Å². The highest BCUT2D eigenvalue weighted by Gasteiger charge is 2.16. The van der Waals surface area contributed by atoms with E-state index in [1.807, 2.05) is 0 Å². The van der Waals surface area contributed by atoms with E-state index < -0.39 is 11.0 Å². The van der Waals surface area contributed by atoms with Crippen molar-refractivity contribution in [2.24, 2.45) is 0 Å². The quantitative estimate of drug-likeness (QED) is 0.615. The zero-order valence-electron chi connectivity index (χ0n) is 7.48. The molecule has 0 saturated carbocycles. The lowest BCUT2D eigenvalue weighted by molar-refractivity contribution is -0.386. The van der Waals surface area contributed by atoms with Gasteiger partial charge in [-0.25, -0.2) is 0 Å². The number of aliphatic hydroxyl groups excluding tert-OH is 1. The van der Waals surface area contributed by atoms with Crippen LogP contribution in [0.25, 0.3) is 0 Å². The molecule has 0 aliphatic heterocycles. The molecule has 6 heteroatoms. The molecule has 0 radical (unpaired) electrons. The molecule has 0 aliphatic rings. The van der Waals surface area contributed by atoms with Crippen LogP contribution in [0.1, 0.15) is 12.6 Å². The van der Waals surface area contributed by atoms with E-state index in [4.69, 9.17) is 16.7 Å². The maximum atomic E-state index is 10.6. The summed E-state index contributed by atoms with van der Waals surface area (Å²) in [5.74, 6) is 0. The van der Waals surface area contributed by atoms with E-state index in [-0.39, 0.29) is 22.8 Å². The number of aromatic nitrogens is 1. The molecule has 0 aliphatic carbocycles. The minimum absolute atomic E-state index is 0.146. The van der Waals surface area contributed by atoms with Crippen LogP contribution in [-0.2, 0) is 6.42 Å². The number of nitrogens with zero attached hydrogens (tertiary/aromatic N) is 2. The average molecular weight is 217 g/mol. The summed E-state index contributed by atoms with van der Waals surface area (Å²) in [7, 11) is 0. The second-order valence-electron chi connectivity index (χ2n) is 2.93. The van der Waals surface area contributed by atoms with E-state index in [2.05, 4.69) is 4.98 Å². The molecule has 1 N–H and O–H groups in total. The molecule has 76 valence electrons. The Morgan fingerprint density at radius 1 is 1.79 bits per heavy atom. The minimum Gasteiger partial charge on any atom is -0.393 e. The molecule has 1 rings (SSSR count). The van der Waals surface area contributed by atoms with Crippen molar-refractivity contribution in [3.63, 3.8) is 0 Å². The van der Waals surface area contributed by atoms with Crippen LogP contribution in [0.2, 0.25) is 5.02 Å². The molecule has 14 heavy (non-hydrogen) atoms. The minimum atomic E-state index is -0.664. The van der Waals surface area contributed by atoms with Crippen LogP contribution in [-0.4, -0.2) is 21.1 Å². The van der Waals surface area contributed by atoms with Crippen molar-refractivity contribution >= 4 is 17.3 Å². The van der Waals surface area contributed by atoms with Crippen LogP contribution in [0.5, 0.6) is 0 Å². The molecule has 0 fully saturated rings. The number of halogens is 1. The second-order valence-corrected chi connectivity index (χ2v) is 3.37. The van der Waals surface area contributed by atoms with Crippen molar-refractivity contribution in [2.75, 3.05) is 0 Å². The number of pyridine rings is 1. The maximum absolute atomic E-state index is 10.6. The smallest absolute Gasteiger partial charge is 0.292 e. The van der Waals surface area contributed by atoms with Gasteiger partial charge in [-0.1, -0.05) is 11.6 Å². The van der Waals surface area contributed by atoms with E-state index in [1.54, 1.807) is 6.92 Å². The average Bonchev–Trinajstić information content (AvgIpc) is 2.07. The molecule has 0 saturated heterocycles. The molecule has 1 aromatic rings. The van der Waals surface area contributed by atoms with Crippen molar-refractivity contribution in [1.29, 1.82) is 0 Å². The standard InChI is InChI=1S/C8H9ClN2O3/c1-5(12)2-7-8(11(13)14)3-6(9)4-10-7/h3-5,12H,2H2,1H3. The SMILES string of the molecule is CC(O)Cc1ncc(Cl)cc1[N+](=O)[O-]. The third kappa shape index (κ3) is 2.65. The molecule has 1 atom stereocenters. The van der Waals surface area contributed by atoms with Crippen LogP contribution in [0.15, 0.2) is 12.3 Å². The summed E-state index contributed by atoms with van der Waals surface area (Å²) in [6.45, 7) is 1.54. The van der Waals surface area contributed by atoms with Crippen molar-refractivity contribution in [1.82, 2.24) is 4.98 Å². The van der Waals surface area contributed by atoms with E-state index in [9.17, 15) is 10.1 Å². The summed E-state index contributed by atoms with van der Waals surface area (Å²) >= 11 is 5.57. The fraction of sp³-hybridized carbons (Fsp3) is 0.375. The number of hydrogen-bond donors (Lipinski definition) is 1. The lowest BCUT2D eigenvalue weighted by Gasteiger charge is -2.04. The zero-order valence-corrected chi connectivity index (χ0v) is 8.23. The number of aliphatic hydroxyl groups is 1. The molecule has 5 nitrogen and oxygen atoms in total. The van der Waals surface area contributed by atoms with Gasteiger partial charge in [0, 0.05) is 18.7 Å². The van der Waals surface area contributed by atoms with Gasteiger partial charge in [0.1, 0.15) is 5.69 Å². The number of rotatable bonds is 3. The van der Waals surface area contributed by atoms with Gasteiger partial charge in [-0.05, 0) is 6.92 Å². The number of nitro groups is 1. The van der Waals surface area contributed by atoms with Gasteiger partial charge in [-0.3, -0.25) is 15.1 Å². The molecule has 1 aromatic heterocycles. The molecule has 1 unspecified atom stereocenters. The van der Waals surface area contributed by atoms with Crippen LogP contribution in [0.3, 0.4) is 0 Å². The highest BCUT2D eigenvalue weighted by atomic mass is 35.5. The first-order valence-electron chi connectivity index (χ1n) is 3.97. The molecule has 0 spiro atoms. The Bertz CT molecular complexity index is 354. The summed E-state index contributed by atoms with van der Waals surface area (Å²) in [4.78, 5) is 13.8. The van der Waals surface area contributed by atoms with Gasteiger partial charge in [-0.2, -0.15) is 0 Å². The van der Waals surface area contributed by atoms with Gasteiger partial charge in [0.15, 0.2) is 0 Å². The monoisotopic (exact) mass is 216 g/mol. The fourth-order valence-corrected chi connectivity index (χ4v) is 1.20. The van der Waals surface area contributed by atoms with Crippen LogP contribution in [0.4, 0.5) is 5.69 Å². The molecule has 1 heterocycles. The van der Waals surface area contributed by atoms with Gasteiger partial charge in [0.25, 0.3) is 5.69 Å². The van der Waals surface area contributed by atoms with Crippen molar-refractivity contribution in [3.05, 3.63) is 33.1 Å². The topological polar surface area (TPSA) is 76.3 Å². The Morgan fingerprint density at radius 2 is 2.43 bits per heavy atom. The van der Waals surface area contributed by atoms with Gasteiger partial charge in [0.05, 0.1) is 16.0 Å². The molecular formula is C8H9ClN2O3. The highest BCUT2D eigenvalue weighted by molar-refractivity contribution is 6.30. The number of hydrogen-bond acceptors (Lipinski definition) is 4. The summed E-state index contributed by atoms with van der Waals surface area (Å²) < 4.78 is 0. The van der Waals surface area contributed by atoms with Crippen LogP contribution in [0, 0.1) is 10.1 Å². The lowest BCUT2D eigenvalue weighted by Crippen LogP contribution is -2.08. The predicted molar refractivity (Wildman–Crippen MR) is 51.3 cm³/mol. The molecule has 0 amide bonds. The van der Waals surface area contributed by atoms with Crippen LogP contribution < -0.4 is 0 Å². The van der Waals surface area contributed by atoms with Crippen molar-refractivity contribution < 1.29 is 10.0 Å². The Morgan fingerprint density at radius 3 is 2.93 bits per heavy atom. The summed E-state index contributed by atoms with van der Waals surface area (Å²) in [5, 5.41) is 19.9. The second kappa shape index (κ2) is 4.34. The van der Waals surface area contributed by atoms with Gasteiger partial charge < -0.3 is 5.11 Å². The fourth-order valence-electron chi connectivity index (χ4n) is 1.05. The van der Waals surface area contributed by atoms with Crippen molar-refractivity contribution in [3.8, 4) is 0 Å². The van der Waals surface area contributed by atoms with E-state index in [1.165, 1.54) is 12.3 Å². The third-order valence-electron chi connectivity index (χ3n) is 1.60. The van der Waals surface area contributed by atoms with E-state index >= 15 is 0 Å². The Kier molecular flexibility index (Phi) is 3.38. The highest BCUT2D eigenvalue weighted by Crippen LogP contribution is 2.21. The Labute approximate surface area is 85.5 Å². The van der Waals surface area contributed by atoms with E-state index in [0.717, 1.165) is 0 Å². The normalized spacial score (nSPS) is 12.5. The molecule has 0 bridgehead atoms. The van der Waals surface area contributed by atoms with Gasteiger partial charge in [0.2, 0.25) is 0 Å². The lowest BCUT2D eigenvalue weighted by atomic mass is 10.2.